The minimum absolute atomic E-state index is 0.0256. The topological polar surface area (TPSA) is 93.3 Å². The van der Waals surface area contributed by atoms with E-state index in [9.17, 15) is 14.9 Å². The molecule has 0 spiro atoms. The van der Waals surface area contributed by atoms with E-state index >= 15 is 0 Å². The van der Waals surface area contributed by atoms with Crippen LogP contribution in [0.15, 0.2) is 50.9 Å². The van der Waals surface area contributed by atoms with Gasteiger partial charge in [-0.2, -0.15) is 0 Å². The van der Waals surface area contributed by atoms with E-state index in [-0.39, 0.29) is 11.3 Å². The van der Waals surface area contributed by atoms with Crippen LogP contribution in [0, 0.1) is 10.1 Å². The van der Waals surface area contributed by atoms with E-state index in [0.29, 0.717) is 14.4 Å². The van der Waals surface area contributed by atoms with E-state index in [0.717, 1.165) is 11.8 Å². The second kappa shape index (κ2) is 6.02. The van der Waals surface area contributed by atoms with Gasteiger partial charge in [0.25, 0.3) is 5.69 Å². The highest BCUT2D eigenvalue weighted by Gasteiger charge is 2.15. The fourth-order valence-electron chi connectivity index (χ4n) is 1.40. The van der Waals surface area contributed by atoms with E-state index in [4.69, 9.17) is 5.11 Å². The number of carbonyl (C=O) groups is 1. The molecular formula is C12H7BrN2O4S. The quantitative estimate of drug-likeness (QED) is 0.665. The van der Waals surface area contributed by atoms with E-state index in [1.165, 1.54) is 24.4 Å². The third-order valence-electron chi connectivity index (χ3n) is 2.32. The van der Waals surface area contributed by atoms with Gasteiger partial charge >= 0.3 is 5.97 Å². The van der Waals surface area contributed by atoms with E-state index in [1.54, 1.807) is 12.1 Å². The van der Waals surface area contributed by atoms with Gasteiger partial charge in [0.05, 0.1) is 15.4 Å². The van der Waals surface area contributed by atoms with Crippen LogP contribution >= 0.6 is 27.7 Å². The summed E-state index contributed by atoms with van der Waals surface area (Å²) in [6.07, 6.45) is 1.22. The standard InChI is InChI=1S/C12H7BrN2O4S/c13-8-2-3-9(15(18)19)10(5-8)20-11-4-1-7(6-14-11)12(16)17/h1-6H,(H,16,17). The van der Waals surface area contributed by atoms with Crippen LogP contribution < -0.4 is 0 Å². The van der Waals surface area contributed by atoms with Crippen molar-refractivity contribution < 1.29 is 14.8 Å². The smallest absolute Gasteiger partial charge is 0.337 e. The second-order valence-corrected chi connectivity index (χ2v) is 5.64. The van der Waals surface area contributed by atoms with Crippen molar-refractivity contribution in [3.63, 3.8) is 0 Å². The highest BCUT2D eigenvalue weighted by atomic mass is 79.9. The number of carboxylic acid groups (broad SMARTS) is 1. The van der Waals surface area contributed by atoms with Crippen molar-refractivity contribution in [2.75, 3.05) is 0 Å². The maximum atomic E-state index is 10.9. The number of rotatable bonds is 4. The molecule has 0 aliphatic rings. The Kier molecular flexibility index (Phi) is 4.35. The van der Waals surface area contributed by atoms with Gasteiger partial charge < -0.3 is 5.11 Å². The number of aromatic carboxylic acids is 1. The Morgan fingerprint density at radius 1 is 1.35 bits per heavy atom. The van der Waals surface area contributed by atoms with E-state index < -0.39 is 10.9 Å². The van der Waals surface area contributed by atoms with E-state index in [2.05, 4.69) is 20.9 Å². The minimum atomic E-state index is -1.07. The molecule has 0 saturated carbocycles. The first-order chi connectivity index (χ1) is 9.47. The Balaban J connectivity index is 2.31. The van der Waals surface area contributed by atoms with Gasteiger partial charge in [-0.05, 0) is 24.3 Å². The fourth-order valence-corrected chi connectivity index (χ4v) is 2.81. The number of pyridine rings is 1. The molecule has 1 aromatic carbocycles. The Hall–Kier alpha value is -1.93. The maximum Gasteiger partial charge on any atom is 0.337 e. The first-order valence-electron chi connectivity index (χ1n) is 5.28. The van der Waals surface area contributed by atoms with Gasteiger partial charge in [0.2, 0.25) is 0 Å². The van der Waals surface area contributed by atoms with Gasteiger partial charge in [0.15, 0.2) is 0 Å². The zero-order valence-electron chi connectivity index (χ0n) is 9.82. The van der Waals surface area contributed by atoms with Gasteiger partial charge in [-0.1, -0.05) is 27.7 Å². The Morgan fingerprint density at radius 3 is 2.65 bits per heavy atom. The predicted molar refractivity (Wildman–Crippen MR) is 76.1 cm³/mol. The lowest BCUT2D eigenvalue weighted by molar-refractivity contribution is -0.387. The summed E-state index contributed by atoms with van der Waals surface area (Å²) in [7, 11) is 0. The van der Waals surface area contributed by atoms with Crippen LogP contribution in [0.2, 0.25) is 0 Å². The number of hydrogen-bond donors (Lipinski definition) is 1. The zero-order valence-corrected chi connectivity index (χ0v) is 12.2. The molecule has 0 fully saturated rings. The summed E-state index contributed by atoms with van der Waals surface area (Å²) in [6.45, 7) is 0. The van der Waals surface area contributed by atoms with E-state index in [1.807, 2.05) is 0 Å². The summed E-state index contributed by atoms with van der Waals surface area (Å²) < 4.78 is 0.716. The summed E-state index contributed by atoms with van der Waals surface area (Å²) in [6, 6.07) is 7.52. The van der Waals surface area contributed by atoms with Crippen LogP contribution in [0.3, 0.4) is 0 Å². The molecule has 1 heterocycles. The lowest BCUT2D eigenvalue weighted by Gasteiger charge is -2.03. The molecule has 8 heteroatoms. The molecule has 0 atom stereocenters. The summed E-state index contributed by atoms with van der Waals surface area (Å²) in [5.41, 5.74) is 0.0420. The van der Waals surface area contributed by atoms with Gasteiger partial charge in [-0.3, -0.25) is 10.1 Å². The van der Waals surface area contributed by atoms with Gasteiger partial charge in [0.1, 0.15) is 5.03 Å². The minimum Gasteiger partial charge on any atom is -0.478 e. The highest BCUT2D eigenvalue weighted by molar-refractivity contribution is 9.10. The molecule has 0 unspecified atom stereocenters. The molecule has 2 aromatic rings. The van der Waals surface area contributed by atoms with Gasteiger partial charge in [-0.25, -0.2) is 9.78 Å². The molecule has 0 aliphatic heterocycles. The molecule has 102 valence electrons. The van der Waals surface area contributed by atoms with Crippen LogP contribution in [-0.4, -0.2) is 21.0 Å². The first-order valence-corrected chi connectivity index (χ1v) is 6.89. The highest BCUT2D eigenvalue weighted by Crippen LogP contribution is 2.35. The number of carboxylic acids is 1. The Morgan fingerprint density at radius 2 is 2.10 bits per heavy atom. The van der Waals surface area contributed by atoms with Crippen molar-refractivity contribution in [3.05, 3.63) is 56.7 Å². The van der Waals surface area contributed by atoms with Gasteiger partial charge in [0, 0.05) is 16.7 Å². The maximum absolute atomic E-state index is 10.9. The number of nitrogens with zero attached hydrogens (tertiary/aromatic N) is 2. The molecule has 0 radical (unpaired) electrons. The molecule has 20 heavy (non-hydrogen) atoms. The summed E-state index contributed by atoms with van der Waals surface area (Å²) in [4.78, 5) is 25.6. The number of hydrogen-bond acceptors (Lipinski definition) is 5. The molecule has 0 aliphatic carbocycles. The summed E-state index contributed by atoms with van der Waals surface area (Å²) in [5, 5.41) is 20.2. The van der Waals surface area contributed by atoms with Crippen molar-refractivity contribution in [2.45, 2.75) is 9.92 Å². The van der Waals surface area contributed by atoms with Crippen molar-refractivity contribution in [2.24, 2.45) is 0 Å². The normalized spacial score (nSPS) is 10.2. The number of benzene rings is 1. The third kappa shape index (κ3) is 3.34. The van der Waals surface area contributed by atoms with Crippen molar-refractivity contribution in [3.8, 4) is 0 Å². The average molecular weight is 355 g/mol. The van der Waals surface area contributed by atoms with Crippen LogP contribution in [0.5, 0.6) is 0 Å². The first kappa shape index (κ1) is 14.5. The predicted octanol–water partition coefficient (Wildman–Crippen LogP) is 3.60. The molecule has 0 saturated heterocycles. The van der Waals surface area contributed by atoms with Gasteiger partial charge in [-0.15, -0.1) is 0 Å². The molecule has 0 amide bonds. The fraction of sp³-hybridized carbons (Fsp3) is 0. The Labute approximate surface area is 126 Å². The molecule has 2 rings (SSSR count). The van der Waals surface area contributed by atoms with Crippen LogP contribution in [0.1, 0.15) is 10.4 Å². The number of halogens is 1. The molecule has 0 bridgehead atoms. The van der Waals surface area contributed by atoms with Crippen LogP contribution in [-0.2, 0) is 0 Å². The number of aromatic nitrogens is 1. The lowest BCUT2D eigenvalue weighted by atomic mass is 10.3. The van der Waals surface area contributed by atoms with Crippen LogP contribution in [0.4, 0.5) is 5.69 Å². The van der Waals surface area contributed by atoms with Crippen molar-refractivity contribution >= 4 is 39.3 Å². The van der Waals surface area contributed by atoms with Crippen molar-refractivity contribution in [1.82, 2.24) is 4.98 Å². The number of nitro benzene ring substituents is 1. The van der Waals surface area contributed by atoms with Crippen molar-refractivity contribution in [1.29, 1.82) is 0 Å². The zero-order chi connectivity index (χ0) is 14.7. The average Bonchev–Trinajstić information content (AvgIpc) is 2.39. The third-order valence-corrected chi connectivity index (χ3v) is 3.81. The molecule has 1 N–H and O–H groups in total. The summed E-state index contributed by atoms with van der Waals surface area (Å²) >= 11 is 4.36. The van der Waals surface area contributed by atoms with Crippen LogP contribution in [0.25, 0.3) is 0 Å². The second-order valence-electron chi connectivity index (χ2n) is 3.66. The molecule has 1 aromatic heterocycles. The number of nitro groups is 1. The summed E-state index contributed by atoms with van der Waals surface area (Å²) in [5.74, 6) is -1.07. The lowest BCUT2D eigenvalue weighted by Crippen LogP contribution is -1.97. The largest absolute Gasteiger partial charge is 0.478 e. The Bertz CT molecular complexity index is 676. The molecule has 6 nitrogen and oxygen atoms in total. The molecular weight excluding hydrogens is 348 g/mol. The monoisotopic (exact) mass is 354 g/mol. The SMILES string of the molecule is O=C(O)c1ccc(Sc2cc(Br)ccc2[N+](=O)[O-])nc1.